The lowest BCUT2D eigenvalue weighted by atomic mass is 10.0. The number of benzene rings is 1. The van der Waals surface area contributed by atoms with E-state index in [2.05, 4.69) is 4.98 Å². The van der Waals surface area contributed by atoms with Crippen LogP contribution in [0.4, 0.5) is 4.39 Å². The summed E-state index contributed by atoms with van der Waals surface area (Å²) < 4.78 is 12.8. The summed E-state index contributed by atoms with van der Waals surface area (Å²) in [7, 11) is 0. The summed E-state index contributed by atoms with van der Waals surface area (Å²) in [5.41, 5.74) is 1.62. The van der Waals surface area contributed by atoms with Gasteiger partial charge in [0, 0.05) is 23.9 Å². The molecule has 0 saturated carbocycles. The SMILES string of the molecule is O=C(O)C(=O)CC(=O)c1cc[nH]c1Cc1ccc(F)cc1. The average molecular weight is 289 g/mol. The van der Waals surface area contributed by atoms with Gasteiger partial charge in [0.05, 0.1) is 6.42 Å². The zero-order valence-electron chi connectivity index (χ0n) is 10.9. The molecule has 6 heteroatoms. The van der Waals surface area contributed by atoms with Crippen LogP contribution in [-0.4, -0.2) is 27.6 Å². The monoisotopic (exact) mass is 289 g/mol. The highest BCUT2D eigenvalue weighted by Gasteiger charge is 2.20. The van der Waals surface area contributed by atoms with E-state index in [1.807, 2.05) is 0 Å². The van der Waals surface area contributed by atoms with E-state index >= 15 is 0 Å². The number of rotatable bonds is 6. The van der Waals surface area contributed by atoms with E-state index < -0.39 is 24.0 Å². The van der Waals surface area contributed by atoms with Gasteiger partial charge >= 0.3 is 5.97 Å². The van der Waals surface area contributed by atoms with Crippen molar-refractivity contribution in [3.8, 4) is 0 Å². The van der Waals surface area contributed by atoms with Crippen molar-refractivity contribution in [3.63, 3.8) is 0 Å². The Morgan fingerprint density at radius 1 is 1.10 bits per heavy atom. The fourth-order valence-electron chi connectivity index (χ4n) is 1.93. The number of nitrogens with one attached hydrogen (secondary N) is 1. The van der Waals surface area contributed by atoms with E-state index in [9.17, 15) is 18.8 Å². The first kappa shape index (κ1) is 14.6. The van der Waals surface area contributed by atoms with Gasteiger partial charge in [-0.25, -0.2) is 9.18 Å². The van der Waals surface area contributed by atoms with Crippen LogP contribution in [0, 0.1) is 5.82 Å². The number of Topliss-reactive ketones (excluding diaryl/α,β-unsaturated/α-hetero) is 2. The molecule has 0 bridgehead atoms. The summed E-state index contributed by atoms with van der Waals surface area (Å²) in [6.07, 6.45) is 1.22. The fraction of sp³-hybridized carbons (Fsp3) is 0.133. The lowest BCUT2D eigenvalue weighted by Gasteiger charge is -2.03. The number of aliphatic carboxylic acids is 1. The van der Waals surface area contributed by atoms with Gasteiger partial charge in [-0.05, 0) is 23.8 Å². The van der Waals surface area contributed by atoms with E-state index in [1.54, 1.807) is 12.1 Å². The van der Waals surface area contributed by atoms with E-state index in [0.717, 1.165) is 5.56 Å². The third-order valence-electron chi connectivity index (χ3n) is 2.99. The summed E-state index contributed by atoms with van der Waals surface area (Å²) in [5, 5.41) is 8.51. The zero-order valence-corrected chi connectivity index (χ0v) is 10.9. The molecular formula is C15H12FNO4. The highest BCUT2D eigenvalue weighted by atomic mass is 19.1. The summed E-state index contributed by atoms with van der Waals surface area (Å²) in [6.45, 7) is 0. The molecule has 0 aliphatic rings. The first-order chi connectivity index (χ1) is 9.97. The molecule has 1 aromatic heterocycles. The predicted molar refractivity (Wildman–Crippen MR) is 71.6 cm³/mol. The maximum atomic E-state index is 12.8. The maximum Gasteiger partial charge on any atom is 0.372 e. The topological polar surface area (TPSA) is 87.2 Å². The van der Waals surface area contributed by atoms with Crippen molar-refractivity contribution in [1.82, 2.24) is 4.98 Å². The van der Waals surface area contributed by atoms with E-state index in [4.69, 9.17) is 5.11 Å². The van der Waals surface area contributed by atoms with E-state index in [0.29, 0.717) is 12.1 Å². The largest absolute Gasteiger partial charge is 0.475 e. The van der Waals surface area contributed by atoms with E-state index in [-0.39, 0.29) is 11.4 Å². The minimum Gasteiger partial charge on any atom is -0.475 e. The van der Waals surface area contributed by atoms with Crippen LogP contribution in [0.1, 0.15) is 28.0 Å². The number of halogens is 1. The van der Waals surface area contributed by atoms with Crippen LogP contribution in [-0.2, 0) is 16.0 Å². The van der Waals surface area contributed by atoms with Gasteiger partial charge in [-0.2, -0.15) is 0 Å². The molecule has 0 fully saturated rings. The van der Waals surface area contributed by atoms with Gasteiger partial charge in [-0.3, -0.25) is 9.59 Å². The molecule has 0 aliphatic carbocycles. The van der Waals surface area contributed by atoms with Gasteiger partial charge in [0.25, 0.3) is 0 Å². The number of hydrogen-bond donors (Lipinski definition) is 2. The standard InChI is InChI=1S/C15H12FNO4/c16-10-3-1-9(2-4-10)7-12-11(5-6-17-12)13(18)8-14(19)15(20)21/h1-6,17H,7-8H2,(H,20,21). The van der Waals surface area contributed by atoms with Crippen LogP contribution in [0.3, 0.4) is 0 Å². The Morgan fingerprint density at radius 2 is 1.76 bits per heavy atom. The van der Waals surface area contributed by atoms with Gasteiger partial charge in [0.15, 0.2) is 5.78 Å². The number of carboxylic acid groups (broad SMARTS) is 1. The predicted octanol–water partition coefficient (Wildman–Crippen LogP) is 1.97. The minimum atomic E-state index is -1.63. The molecule has 0 atom stereocenters. The molecule has 0 aliphatic heterocycles. The van der Waals surface area contributed by atoms with Gasteiger partial charge < -0.3 is 10.1 Å². The minimum absolute atomic E-state index is 0.272. The highest BCUT2D eigenvalue weighted by Crippen LogP contribution is 2.15. The zero-order chi connectivity index (χ0) is 15.4. The quantitative estimate of drug-likeness (QED) is 0.483. The Labute approximate surface area is 119 Å². The lowest BCUT2D eigenvalue weighted by molar-refractivity contribution is -0.148. The summed E-state index contributed by atoms with van der Waals surface area (Å²) in [5.74, 6) is -3.68. The Hall–Kier alpha value is -2.76. The van der Waals surface area contributed by atoms with Gasteiger partial charge in [0.2, 0.25) is 5.78 Å². The second-order valence-electron chi connectivity index (χ2n) is 4.50. The first-order valence-electron chi connectivity index (χ1n) is 6.17. The Bertz CT molecular complexity index is 688. The van der Waals surface area contributed by atoms with Crippen LogP contribution >= 0.6 is 0 Å². The molecule has 0 unspecified atom stereocenters. The van der Waals surface area contributed by atoms with Crippen molar-refractivity contribution in [1.29, 1.82) is 0 Å². The first-order valence-corrected chi connectivity index (χ1v) is 6.17. The van der Waals surface area contributed by atoms with Gasteiger partial charge in [-0.15, -0.1) is 0 Å². The molecule has 0 saturated heterocycles. The number of carbonyl (C=O) groups excluding carboxylic acids is 2. The van der Waals surface area contributed by atoms with Crippen molar-refractivity contribution in [2.45, 2.75) is 12.8 Å². The number of carboxylic acids is 1. The number of ketones is 2. The molecule has 21 heavy (non-hydrogen) atoms. The van der Waals surface area contributed by atoms with Crippen molar-refractivity contribution < 1.29 is 23.9 Å². The Kier molecular flexibility index (Phi) is 4.27. The maximum absolute atomic E-state index is 12.8. The number of carbonyl (C=O) groups is 3. The number of aromatic nitrogens is 1. The molecule has 2 N–H and O–H groups in total. The van der Waals surface area contributed by atoms with Crippen molar-refractivity contribution in [2.75, 3.05) is 0 Å². The van der Waals surface area contributed by atoms with Crippen molar-refractivity contribution in [3.05, 3.63) is 59.2 Å². The van der Waals surface area contributed by atoms with Crippen molar-refractivity contribution in [2.24, 2.45) is 0 Å². The third-order valence-corrected chi connectivity index (χ3v) is 2.99. The molecule has 5 nitrogen and oxygen atoms in total. The molecule has 1 heterocycles. The van der Waals surface area contributed by atoms with E-state index in [1.165, 1.54) is 24.4 Å². The second-order valence-corrected chi connectivity index (χ2v) is 4.50. The van der Waals surface area contributed by atoms with Gasteiger partial charge in [0.1, 0.15) is 5.82 Å². The molecule has 1 aromatic carbocycles. The summed E-state index contributed by atoms with van der Waals surface area (Å²) in [6, 6.07) is 7.30. The molecule has 2 rings (SSSR count). The summed E-state index contributed by atoms with van der Waals surface area (Å²) in [4.78, 5) is 36.4. The van der Waals surface area contributed by atoms with Crippen LogP contribution in [0.25, 0.3) is 0 Å². The van der Waals surface area contributed by atoms with Crippen molar-refractivity contribution >= 4 is 17.5 Å². The van der Waals surface area contributed by atoms with Crippen LogP contribution in [0.15, 0.2) is 36.5 Å². The Morgan fingerprint density at radius 3 is 2.38 bits per heavy atom. The van der Waals surface area contributed by atoms with Crippen LogP contribution in [0.2, 0.25) is 0 Å². The smallest absolute Gasteiger partial charge is 0.372 e. The number of H-pyrrole nitrogens is 1. The fourth-order valence-corrected chi connectivity index (χ4v) is 1.93. The van der Waals surface area contributed by atoms with Crippen LogP contribution < -0.4 is 0 Å². The van der Waals surface area contributed by atoms with Crippen LogP contribution in [0.5, 0.6) is 0 Å². The molecule has 0 spiro atoms. The molecule has 108 valence electrons. The second kappa shape index (κ2) is 6.13. The summed E-state index contributed by atoms with van der Waals surface area (Å²) >= 11 is 0. The Balaban J connectivity index is 2.14. The average Bonchev–Trinajstić information content (AvgIpc) is 2.89. The number of aromatic amines is 1. The lowest BCUT2D eigenvalue weighted by Crippen LogP contribution is -2.17. The normalized spacial score (nSPS) is 10.3. The highest BCUT2D eigenvalue weighted by molar-refractivity contribution is 6.37. The third kappa shape index (κ3) is 3.62. The molecule has 2 aromatic rings. The molecule has 0 radical (unpaired) electrons. The molecular weight excluding hydrogens is 277 g/mol. The molecule has 0 amide bonds. The van der Waals surface area contributed by atoms with Gasteiger partial charge in [-0.1, -0.05) is 12.1 Å². The number of hydrogen-bond acceptors (Lipinski definition) is 3.